The number of halogens is 2. The first-order valence-corrected chi connectivity index (χ1v) is 6.74. The molecule has 0 saturated carbocycles. The third-order valence-electron chi connectivity index (χ3n) is 2.96. The van der Waals surface area contributed by atoms with Crippen LogP contribution in [0.2, 0.25) is 0 Å². The molecule has 0 aliphatic rings. The normalized spacial score (nSPS) is 11.8. The van der Waals surface area contributed by atoms with E-state index in [2.05, 4.69) is 24.1 Å². The first-order valence-electron chi connectivity index (χ1n) is 6.74. The molecular weight excluding hydrogens is 244 g/mol. The summed E-state index contributed by atoms with van der Waals surface area (Å²) in [7, 11) is 0. The van der Waals surface area contributed by atoms with Crippen LogP contribution in [0.1, 0.15) is 38.7 Å². The van der Waals surface area contributed by atoms with E-state index in [4.69, 9.17) is 0 Å². The van der Waals surface area contributed by atoms with Crippen molar-refractivity contribution < 1.29 is 8.78 Å². The lowest BCUT2D eigenvalue weighted by Gasteiger charge is -2.18. The van der Waals surface area contributed by atoms with Gasteiger partial charge in [-0.15, -0.1) is 11.8 Å². The zero-order valence-corrected chi connectivity index (χ0v) is 11.6. The SMILES string of the molecule is CC#CCCC(Cc1ccc(F)cc1F)NCCC. The molecule has 1 aromatic carbocycles. The van der Waals surface area contributed by atoms with Gasteiger partial charge in [-0.05, 0) is 44.4 Å². The van der Waals surface area contributed by atoms with Crippen LogP contribution in [0.25, 0.3) is 0 Å². The molecule has 0 fully saturated rings. The van der Waals surface area contributed by atoms with Crippen molar-refractivity contribution in [3.63, 3.8) is 0 Å². The highest BCUT2D eigenvalue weighted by molar-refractivity contribution is 5.19. The summed E-state index contributed by atoms with van der Waals surface area (Å²) in [6.07, 6.45) is 3.26. The lowest BCUT2D eigenvalue weighted by Crippen LogP contribution is -2.32. The molecule has 0 bridgehead atoms. The van der Waals surface area contributed by atoms with Gasteiger partial charge in [0, 0.05) is 18.5 Å². The highest BCUT2D eigenvalue weighted by Crippen LogP contribution is 2.13. The van der Waals surface area contributed by atoms with E-state index in [-0.39, 0.29) is 6.04 Å². The lowest BCUT2D eigenvalue weighted by atomic mass is 10.0. The molecule has 3 heteroatoms. The molecule has 0 aromatic heterocycles. The van der Waals surface area contributed by atoms with Crippen LogP contribution in [0.3, 0.4) is 0 Å². The second-order valence-electron chi connectivity index (χ2n) is 4.56. The molecule has 0 aliphatic carbocycles. The van der Waals surface area contributed by atoms with Crippen LogP contribution in [0.5, 0.6) is 0 Å². The van der Waals surface area contributed by atoms with Crippen molar-refractivity contribution in [2.75, 3.05) is 6.54 Å². The van der Waals surface area contributed by atoms with Gasteiger partial charge in [-0.3, -0.25) is 0 Å². The van der Waals surface area contributed by atoms with Crippen molar-refractivity contribution in [2.24, 2.45) is 0 Å². The lowest BCUT2D eigenvalue weighted by molar-refractivity contribution is 0.471. The van der Waals surface area contributed by atoms with E-state index >= 15 is 0 Å². The van der Waals surface area contributed by atoms with Crippen LogP contribution >= 0.6 is 0 Å². The molecule has 104 valence electrons. The van der Waals surface area contributed by atoms with E-state index in [1.165, 1.54) is 12.1 Å². The van der Waals surface area contributed by atoms with E-state index in [9.17, 15) is 8.78 Å². The van der Waals surface area contributed by atoms with Gasteiger partial charge in [0.2, 0.25) is 0 Å². The molecule has 1 atom stereocenters. The average Bonchev–Trinajstić information content (AvgIpc) is 2.39. The number of rotatable bonds is 7. The predicted octanol–water partition coefficient (Wildman–Crippen LogP) is 3.68. The molecule has 0 aliphatic heterocycles. The Morgan fingerprint density at radius 2 is 2.11 bits per heavy atom. The average molecular weight is 265 g/mol. The summed E-state index contributed by atoms with van der Waals surface area (Å²) >= 11 is 0. The van der Waals surface area contributed by atoms with Crippen LogP contribution in [-0.2, 0) is 6.42 Å². The standard InChI is InChI=1S/C16H21F2N/c1-3-5-6-7-15(19-10-4-2)11-13-8-9-14(17)12-16(13)18/h8-9,12,15,19H,4,6-7,10-11H2,1-2H3. The summed E-state index contributed by atoms with van der Waals surface area (Å²) in [5.74, 6) is 4.88. The van der Waals surface area contributed by atoms with Crippen LogP contribution in [0, 0.1) is 23.5 Å². The number of nitrogens with one attached hydrogen (secondary N) is 1. The van der Waals surface area contributed by atoms with Crippen LogP contribution in [0.15, 0.2) is 18.2 Å². The van der Waals surface area contributed by atoms with Gasteiger partial charge in [-0.2, -0.15) is 0 Å². The molecular formula is C16H21F2N. The molecule has 0 saturated heterocycles. The third-order valence-corrected chi connectivity index (χ3v) is 2.96. The van der Waals surface area contributed by atoms with Gasteiger partial charge in [0.15, 0.2) is 0 Å². The molecule has 0 amide bonds. The summed E-state index contributed by atoms with van der Waals surface area (Å²) in [5, 5.41) is 3.39. The van der Waals surface area contributed by atoms with Gasteiger partial charge in [0.25, 0.3) is 0 Å². The fraction of sp³-hybridized carbons (Fsp3) is 0.500. The van der Waals surface area contributed by atoms with Crippen molar-refractivity contribution >= 4 is 0 Å². The van der Waals surface area contributed by atoms with Crippen molar-refractivity contribution in [3.05, 3.63) is 35.4 Å². The Hall–Kier alpha value is -1.40. The molecule has 19 heavy (non-hydrogen) atoms. The van der Waals surface area contributed by atoms with Gasteiger partial charge < -0.3 is 5.32 Å². The molecule has 0 radical (unpaired) electrons. The Balaban J connectivity index is 2.65. The maximum absolute atomic E-state index is 13.6. The summed E-state index contributed by atoms with van der Waals surface area (Å²) in [6.45, 7) is 4.80. The minimum Gasteiger partial charge on any atom is -0.314 e. The van der Waals surface area contributed by atoms with Crippen molar-refractivity contribution in [2.45, 2.75) is 45.6 Å². The van der Waals surface area contributed by atoms with Crippen LogP contribution in [-0.4, -0.2) is 12.6 Å². The van der Waals surface area contributed by atoms with Gasteiger partial charge in [-0.25, -0.2) is 8.78 Å². The highest BCUT2D eigenvalue weighted by Gasteiger charge is 2.11. The molecule has 1 aromatic rings. The Morgan fingerprint density at radius 3 is 2.74 bits per heavy atom. The summed E-state index contributed by atoms with van der Waals surface area (Å²) in [5.41, 5.74) is 0.555. The smallest absolute Gasteiger partial charge is 0.129 e. The van der Waals surface area contributed by atoms with E-state index < -0.39 is 11.6 Å². The van der Waals surface area contributed by atoms with Crippen molar-refractivity contribution in [3.8, 4) is 11.8 Å². The Morgan fingerprint density at radius 1 is 1.32 bits per heavy atom. The molecule has 0 spiro atoms. The number of hydrogen-bond acceptors (Lipinski definition) is 1. The molecule has 1 unspecified atom stereocenters. The minimum absolute atomic E-state index is 0.181. The van der Waals surface area contributed by atoms with Gasteiger partial charge in [0.1, 0.15) is 11.6 Å². The van der Waals surface area contributed by atoms with Crippen molar-refractivity contribution in [1.29, 1.82) is 0 Å². The first-order chi connectivity index (χ1) is 9.17. The van der Waals surface area contributed by atoms with Gasteiger partial charge in [-0.1, -0.05) is 13.0 Å². The first kappa shape index (κ1) is 15.7. The maximum atomic E-state index is 13.6. The van der Waals surface area contributed by atoms with Crippen LogP contribution in [0.4, 0.5) is 8.78 Å². The van der Waals surface area contributed by atoms with Crippen LogP contribution < -0.4 is 5.32 Å². The third kappa shape index (κ3) is 5.85. The number of hydrogen-bond donors (Lipinski definition) is 1. The second kappa shape index (κ2) is 8.66. The monoisotopic (exact) mass is 265 g/mol. The maximum Gasteiger partial charge on any atom is 0.129 e. The molecule has 1 nitrogen and oxygen atoms in total. The zero-order chi connectivity index (χ0) is 14.1. The van der Waals surface area contributed by atoms with E-state index in [1.807, 2.05) is 6.92 Å². The van der Waals surface area contributed by atoms with E-state index in [1.54, 1.807) is 0 Å². The fourth-order valence-electron chi connectivity index (χ4n) is 1.95. The van der Waals surface area contributed by atoms with E-state index in [0.717, 1.165) is 31.9 Å². The topological polar surface area (TPSA) is 12.0 Å². The quantitative estimate of drug-likeness (QED) is 0.742. The zero-order valence-electron chi connectivity index (χ0n) is 11.6. The Bertz CT molecular complexity index is 446. The molecule has 1 rings (SSSR count). The summed E-state index contributed by atoms with van der Waals surface area (Å²) in [6, 6.07) is 3.96. The Labute approximate surface area is 114 Å². The van der Waals surface area contributed by atoms with Crippen molar-refractivity contribution in [1.82, 2.24) is 5.32 Å². The second-order valence-corrected chi connectivity index (χ2v) is 4.56. The predicted molar refractivity (Wildman–Crippen MR) is 74.8 cm³/mol. The Kier molecular flexibility index (Phi) is 7.14. The largest absolute Gasteiger partial charge is 0.314 e. The summed E-state index contributed by atoms with van der Waals surface area (Å²) < 4.78 is 26.5. The highest BCUT2D eigenvalue weighted by atomic mass is 19.1. The number of benzene rings is 1. The summed E-state index contributed by atoms with van der Waals surface area (Å²) in [4.78, 5) is 0. The van der Waals surface area contributed by atoms with Gasteiger partial charge in [0.05, 0.1) is 0 Å². The molecule has 1 N–H and O–H groups in total. The molecule has 0 heterocycles. The van der Waals surface area contributed by atoms with E-state index in [0.29, 0.717) is 12.0 Å². The minimum atomic E-state index is -0.531. The van der Waals surface area contributed by atoms with Gasteiger partial charge >= 0.3 is 0 Å². The fourth-order valence-corrected chi connectivity index (χ4v) is 1.95.